The summed E-state index contributed by atoms with van der Waals surface area (Å²) in [6.45, 7) is 3.48. The minimum absolute atomic E-state index is 0.169. The quantitative estimate of drug-likeness (QED) is 0.630. The second kappa shape index (κ2) is 7.70. The molecule has 1 atom stereocenters. The minimum atomic E-state index is -0.169. The molecule has 1 fully saturated rings. The number of nitrogens with zero attached hydrogens (tertiary/aromatic N) is 3. The lowest BCUT2D eigenvalue weighted by Gasteiger charge is -2.22. The summed E-state index contributed by atoms with van der Waals surface area (Å²) in [5, 5.41) is 15.7. The molecule has 7 nitrogen and oxygen atoms in total. The van der Waals surface area contributed by atoms with Crippen LogP contribution in [0.3, 0.4) is 0 Å². The Morgan fingerprint density at radius 2 is 2.27 bits per heavy atom. The zero-order valence-corrected chi connectivity index (χ0v) is 14.7. The van der Waals surface area contributed by atoms with E-state index < -0.39 is 0 Å². The minimum Gasteiger partial charge on any atom is -0.361 e. The third-order valence-corrected chi connectivity index (χ3v) is 4.97. The van der Waals surface area contributed by atoms with Crippen molar-refractivity contribution in [1.82, 2.24) is 30.6 Å². The third-order valence-electron chi connectivity index (χ3n) is 4.97. The highest BCUT2D eigenvalue weighted by atomic mass is 16.2. The van der Waals surface area contributed by atoms with Crippen molar-refractivity contribution in [3.63, 3.8) is 0 Å². The van der Waals surface area contributed by atoms with Crippen LogP contribution in [0, 0.1) is 5.92 Å². The van der Waals surface area contributed by atoms with Crippen LogP contribution in [0.5, 0.6) is 0 Å². The van der Waals surface area contributed by atoms with E-state index in [4.69, 9.17) is 0 Å². The fourth-order valence-electron chi connectivity index (χ4n) is 3.58. The van der Waals surface area contributed by atoms with Crippen LogP contribution in [0.2, 0.25) is 0 Å². The number of benzene rings is 1. The van der Waals surface area contributed by atoms with Gasteiger partial charge in [-0.1, -0.05) is 23.4 Å². The molecule has 1 saturated heterocycles. The Hall–Kier alpha value is -2.67. The van der Waals surface area contributed by atoms with E-state index in [2.05, 4.69) is 38.1 Å². The molecule has 1 aromatic carbocycles. The molecule has 7 heteroatoms. The molecule has 3 heterocycles. The summed E-state index contributed by atoms with van der Waals surface area (Å²) in [7, 11) is 0. The van der Waals surface area contributed by atoms with Gasteiger partial charge in [-0.2, -0.15) is 0 Å². The summed E-state index contributed by atoms with van der Waals surface area (Å²) in [6.07, 6.45) is 6.91. The molecule has 0 aliphatic carbocycles. The predicted molar refractivity (Wildman–Crippen MR) is 100.0 cm³/mol. The maximum Gasteiger partial charge on any atom is 0.273 e. The van der Waals surface area contributed by atoms with Gasteiger partial charge in [-0.25, -0.2) is 0 Å². The topological polar surface area (TPSA) is 87.6 Å². The van der Waals surface area contributed by atoms with Gasteiger partial charge < -0.3 is 15.6 Å². The van der Waals surface area contributed by atoms with Gasteiger partial charge in [-0.05, 0) is 49.9 Å². The summed E-state index contributed by atoms with van der Waals surface area (Å²) in [5.74, 6) is 0.390. The molecule has 3 N–H and O–H groups in total. The van der Waals surface area contributed by atoms with Crippen molar-refractivity contribution < 1.29 is 4.79 Å². The molecule has 1 unspecified atom stereocenters. The van der Waals surface area contributed by atoms with E-state index in [0.717, 1.165) is 31.6 Å². The average molecular weight is 352 g/mol. The van der Waals surface area contributed by atoms with Crippen LogP contribution >= 0.6 is 0 Å². The Morgan fingerprint density at radius 1 is 1.35 bits per heavy atom. The molecule has 3 aromatic rings. The van der Waals surface area contributed by atoms with Crippen molar-refractivity contribution in [3.05, 3.63) is 47.9 Å². The first kappa shape index (κ1) is 16.8. The number of nitrogens with one attached hydrogen (secondary N) is 3. The van der Waals surface area contributed by atoms with E-state index >= 15 is 0 Å². The van der Waals surface area contributed by atoms with Crippen LogP contribution in [0.4, 0.5) is 0 Å². The molecule has 2 aromatic heterocycles. The number of carbonyl (C=O) groups is 1. The Balaban J connectivity index is 1.29. The van der Waals surface area contributed by atoms with E-state index in [-0.39, 0.29) is 5.91 Å². The van der Waals surface area contributed by atoms with E-state index in [1.165, 1.54) is 23.8 Å². The van der Waals surface area contributed by atoms with Crippen LogP contribution in [-0.2, 0) is 13.0 Å². The SMILES string of the molecule is O=C(NCCc1c[nH]c2ccccc12)c1cn(CC2CCCNC2)nn1. The van der Waals surface area contributed by atoms with E-state index in [9.17, 15) is 4.79 Å². The number of carbonyl (C=O) groups excluding carboxylic acids is 1. The lowest BCUT2D eigenvalue weighted by molar-refractivity contribution is 0.0949. The number of piperidine rings is 1. The van der Waals surface area contributed by atoms with Crippen molar-refractivity contribution in [2.45, 2.75) is 25.8 Å². The summed E-state index contributed by atoms with van der Waals surface area (Å²) in [5.41, 5.74) is 2.70. The van der Waals surface area contributed by atoms with Gasteiger partial charge in [0.15, 0.2) is 5.69 Å². The number of fused-ring (bicyclic) bond motifs is 1. The van der Waals surface area contributed by atoms with Gasteiger partial charge in [-0.3, -0.25) is 9.48 Å². The molecule has 0 spiro atoms. The molecule has 0 radical (unpaired) electrons. The van der Waals surface area contributed by atoms with Crippen molar-refractivity contribution in [2.75, 3.05) is 19.6 Å². The van der Waals surface area contributed by atoms with Crippen LogP contribution in [-0.4, -0.2) is 45.5 Å². The molecule has 1 amide bonds. The Morgan fingerprint density at radius 3 is 3.15 bits per heavy atom. The van der Waals surface area contributed by atoms with Gasteiger partial charge in [0.2, 0.25) is 0 Å². The number of amides is 1. The highest BCUT2D eigenvalue weighted by Crippen LogP contribution is 2.17. The highest BCUT2D eigenvalue weighted by Gasteiger charge is 2.16. The smallest absolute Gasteiger partial charge is 0.273 e. The number of para-hydroxylation sites is 1. The molecule has 1 aliphatic rings. The first-order valence-electron chi connectivity index (χ1n) is 9.23. The molecular weight excluding hydrogens is 328 g/mol. The second-order valence-electron chi connectivity index (χ2n) is 6.90. The van der Waals surface area contributed by atoms with Crippen molar-refractivity contribution in [3.8, 4) is 0 Å². The number of aromatic amines is 1. The normalized spacial score (nSPS) is 17.5. The number of rotatable bonds is 6. The number of hydrogen-bond donors (Lipinski definition) is 3. The fourth-order valence-corrected chi connectivity index (χ4v) is 3.58. The van der Waals surface area contributed by atoms with Gasteiger partial charge in [0.05, 0.1) is 6.20 Å². The van der Waals surface area contributed by atoms with Gasteiger partial charge in [-0.15, -0.1) is 5.10 Å². The lowest BCUT2D eigenvalue weighted by Crippen LogP contribution is -2.32. The first-order valence-corrected chi connectivity index (χ1v) is 9.23. The summed E-state index contributed by atoms with van der Waals surface area (Å²) in [4.78, 5) is 15.6. The number of aromatic nitrogens is 4. The highest BCUT2D eigenvalue weighted by molar-refractivity contribution is 5.91. The molecule has 4 rings (SSSR count). The fraction of sp³-hybridized carbons (Fsp3) is 0.421. The van der Waals surface area contributed by atoms with Gasteiger partial charge in [0.25, 0.3) is 5.91 Å². The summed E-state index contributed by atoms with van der Waals surface area (Å²) >= 11 is 0. The zero-order chi connectivity index (χ0) is 17.8. The third kappa shape index (κ3) is 3.77. The second-order valence-corrected chi connectivity index (χ2v) is 6.90. The Kier molecular flexibility index (Phi) is 4.97. The lowest BCUT2D eigenvalue weighted by atomic mass is 10.00. The zero-order valence-electron chi connectivity index (χ0n) is 14.7. The van der Waals surface area contributed by atoms with Crippen LogP contribution in [0.25, 0.3) is 10.9 Å². The Bertz CT molecular complexity index is 877. The largest absolute Gasteiger partial charge is 0.361 e. The number of H-pyrrole nitrogens is 1. The van der Waals surface area contributed by atoms with Gasteiger partial charge in [0, 0.05) is 30.2 Å². The number of hydrogen-bond acceptors (Lipinski definition) is 4. The van der Waals surface area contributed by atoms with Gasteiger partial charge >= 0.3 is 0 Å². The van der Waals surface area contributed by atoms with Crippen molar-refractivity contribution in [1.29, 1.82) is 0 Å². The Labute approximate surface area is 152 Å². The van der Waals surface area contributed by atoms with Crippen LogP contribution < -0.4 is 10.6 Å². The monoisotopic (exact) mass is 352 g/mol. The van der Waals surface area contributed by atoms with E-state index in [1.807, 2.05) is 18.3 Å². The van der Waals surface area contributed by atoms with Crippen LogP contribution in [0.15, 0.2) is 36.7 Å². The van der Waals surface area contributed by atoms with Crippen molar-refractivity contribution in [2.24, 2.45) is 5.92 Å². The molecule has 1 aliphatic heterocycles. The standard InChI is InChI=1S/C19H24N6O/c26-19(18-13-25(24-23-18)12-14-4-3-8-20-10-14)21-9-7-15-11-22-17-6-2-1-5-16(15)17/h1-2,5-6,11,13-14,20,22H,3-4,7-10,12H2,(H,21,26). The summed E-state index contributed by atoms with van der Waals surface area (Å²) in [6, 6.07) is 8.18. The van der Waals surface area contributed by atoms with E-state index in [1.54, 1.807) is 10.9 Å². The molecular formula is C19H24N6O. The van der Waals surface area contributed by atoms with Gasteiger partial charge in [0.1, 0.15) is 0 Å². The van der Waals surface area contributed by atoms with Crippen molar-refractivity contribution >= 4 is 16.8 Å². The molecule has 0 bridgehead atoms. The van der Waals surface area contributed by atoms with Crippen LogP contribution in [0.1, 0.15) is 28.9 Å². The predicted octanol–water partition coefficient (Wildman–Crippen LogP) is 1.73. The summed E-state index contributed by atoms with van der Waals surface area (Å²) < 4.78 is 1.78. The molecule has 136 valence electrons. The molecule has 26 heavy (non-hydrogen) atoms. The first-order chi connectivity index (χ1) is 12.8. The molecule has 0 saturated carbocycles. The van der Waals surface area contributed by atoms with E-state index in [0.29, 0.717) is 18.2 Å². The maximum atomic E-state index is 12.3. The average Bonchev–Trinajstić information content (AvgIpc) is 3.30. The maximum absolute atomic E-state index is 12.3.